The first kappa shape index (κ1) is 46.5. The van der Waals surface area contributed by atoms with E-state index in [1.807, 2.05) is 30.3 Å². The van der Waals surface area contributed by atoms with Crippen molar-refractivity contribution in [1.82, 2.24) is 15.0 Å². The van der Waals surface area contributed by atoms with E-state index in [0.717, 1.165) is 44.3 Å². The number of hydrogen-bond donors (Lipinski definition) is 0. The highest BCUT2D eigenvalue weighted by Crippen LogP contribution is 2.38. The topological polar surface area (TPSA) is 113 Å². The summed E-state index contributed by atoms with van der Waals surface area (Å²) < 4.78 is 47.5. The number of aryl methyl sites for hydroxylation is 4. The van der Waals surface area contributed by atoms with Crippen molar-refractivity contribution in [2.45, 2.75) is 105 Å². The van der Waals surface area contributed by atoms with Gasteiger partial charge in [0.1, 0.15) is 0 Å². The zero-order valence-electron chi connectivity index (χ0n) is 39.5. The van der Waals surface area contributed by atoms with Gasteiger partial charge in [0, 0.05) is 48.6 Å². The lowest BCUT2D eigenvalue weighted by molar-refractivity contribution is 0.00578. The number of benzene rings is 2. The molecule has 0 aliphatic carbocycles. The van der Waals surface area contributed by atoms with Crippen LogP contribution in [-0.4, -0.2) is 79.4 Å². The Morgan fingerprint density at radius 1 is 0.469 bits per heavy atom. The number of pyridine rings is 3. The second-order valence-corrected chi connectivity index (χ2v) is 18.4. The molecule has 64 heavy (non-hydrogen) atoms. The van der Waals surface area contributed by atoms with Gasteiger partial charge in [0.2, 0.25) is 11.8 Å². The minimum atomic E-state index is -0.461. The molecule has 7 rings (SSSR count). The Labute approximate surface area is 379 Å². The number of aromatic nitrogens is 3. The molecule has 0 bridgehead atoms. The van der Waals surface area contributed by atoms with Crippen molar-refractivity contribution in [2.75, 3.05) is 27.8 Å². The van der Waals surface area contributed by atoms with E-state index in [9.17, 15) is 0 Å². The van der Waals surface area contributed by atoms with Crippen molar-refractivity contribution >= 4 is 25.2 Å². The lowest BCUT2D eigenvalue weighted by Crippen LogP contribution is -2.41. The van der Waals surface area contributed by atoms with E-state index in [2.05, 4.69) is 131 Å². The predicted molar refractivity (Wildman–Crippen MR) is 251 cm³/mol. The molecule has 0 amide bonds. The average molecular weight is 862 g/mol. The van der Waals surface area contributed by atoms with Crippen LogP contribution in [0, 0.1) is 51.4 Å². The number of rotatable bonds is 10. The second-order valence-electron chi connectivity index (χ2n) is 18.4. The van der Waals surface area contributed by atoms with Gasteiger partial charge in [0.15, 0.2) is 13.6 Å². The highest BCUT2D eigenvalue weighted by Gasteiger charge is 2.53. The highest BCUT2D eigenvalue weighted by molar-refractivity contribution is 6.62. The summed E-state index contributed by atoms with van der Waals surface area (Å²) in [5.74, 6) is 14.2. The Bertz CT molecular complexity index is 2450. The van der Waals surface area contributed by atoms with Gasteiger partial charge in [-0.1, -0.05) is 54.0 Å². The van der Waals surface area contributed by atoms with Gasteiger partial charge in [-0.15, -0.1) is 0 Å². The molecule has 0 atom stereocenters. The Morgan fingerprint density at radius 3 is 1.14 bits per heavy atom. The first-order valence-corrected chi connectivity index (χ1v) is 21.4. The van der Waals surface area contributed by atoms with E-state index >= 15 is 0 Å². The van der Waals surface area contributed by atoms with Crippen LogP contribution in [0.4, 0.5) is 0 Å². The van der Waals surface area contributed by atoms with Gasteiger partial charge < -0.3 is 37.6 Å². The summed E-state index contributed by atoms with van der Waals surface area (Å²) in [4.78, 5) is 14.6. The summed E-state index contributed by atoms with van der Waals surface area (Å²) >= 11 is 0. The summed E-state index contributed by atoms with van der Waals surface area (Å²) in [6.07, 6.45) is 0. The fraction of sp³-hybridized carbons (Fsp3) is 0.392. The molecular formula is C51H57B2N3O8. The molecule has 0 unspecified atom stereocenters. The van der Waals surface area contributed by atoms with Crippen LogP contribution in [0.3, 0.4) is 0 Å². The van der Waals surface area contributed by atoms with Crippen LogP contribution in [0.5, 0.6) is 11.8 Å². The zero-order chi connectivity index (χ0) is 46.2. The molecule has 0 radical (unpaired) electrons. The van der Waals surface area contributed by atoms with Gasteiger partial charge in [-0.05, 0) is 141 Å². The average Bonchev–Trinajstić information content (AvgIpc) is 3.60. The lowest BCUT2D eigenvalue weighted by atomic mass is 9.76. The monoisotopic (exact) mass is 861 g/mol. The molecule has 2 aromatic carbocycles. The fourth-order valence-electron chi connectivity index (χ4n) is 7.41. The summed E-state index contributed by atoms with van der Waals surface area (Å²) in [5.41, 5.74) is 9.79. The Kier molecular flexibility index (Phi) is 13.2. The van der Waals surface area contributed by atoms with Crippen LogP contribution >= 0.6 is 0 Å². The molecule has 0 N–H and O–H groups in total. The molecule has 11 nitrogen and oxygen atoms in total. The minimum Gasteiger partial charge on any atom is -0.451 e. The standard InChI is InChI=1S/C51H57B2N3O8/c1-32-22-38(52-61-48(5,6)49(7,8)62-52)23-33(2)40(32)20-18-36-26-44(55-46(28-36)59-30-57-13)42-16-15-17-43(54-42)45-27-37(29-47(56-45)60-31-58-14)19-21-41-34(3)24-39(25-35(41)4)53-63-50(9,10)51(11,12)64-53/h15-17,22-29H,30-31H2,1-14H3. The first-order chi connectivity index (χ1) is 30.2. The van der Waals surface area contributed by atoms with Gasteiger partial charge in [0.05, 0.1) is 45.2 Å². The van der Waals surface area contributed by atoms with Crippen LogP contribution in [0.25, 0.3) is 22.8 Å². The predicted octanol–water partition coefficient (Wildman–Crippen LogP) is 7.80. The van der Waals surface area contributed by atoms with Gasteiger partial charge in [0.25, 0.3) is 0 Å². The van der Waals surface area contributed by atoms with Gasteiger partial charge in [-0.3, -0.25) is 0 Å². The van der Waals surface area contributed by atoms with Crippen molar-refractivity contribution in [2.24, 2.45) is 0 Å². The maximum atomic E-state index is 6.33. The minimum absolute atomic E-state index is 0.0145. The third-order valence-corrected chi connectivity index (χ3v) is 12.4. The third-order valence-electron chi connectivity index (χ3n) is 12.4. The van der Waals surface area contributed by atoms with E-state index < -0.39 is 36.6 Å². The van der Waals surface area contributed by atoms with Crippen LogP contribution in [0.15, 0.2) is 66.7 Å². The molecule has 3 aromatic heterocycles. The van der Waals surface area contributed by atoms with E-state index in [-0.39, 0.29) is 13.6 Å². The Morgan fingerprint density at radius 2 is 0.812 bits per heavy atom. The van der Waals surface area contributed by atoms with Crippen molar-refractivity contribution in [3.05, 3.63) is 111 Å². The van der Waals surface area contributed by atoms with E-state index in [4.69, 9.17) is 52.5 Å². The van der Waals surface area contributed by atoms with Gasteiger partial charge >= 0.3 is 14.2 Å². The summed E-state index contributed by atoms with van der Waals surface area (Å²) in [6.45, 7) is 24.7. The third kappa shape index (κ3) is 9.91. The molecule has 2 saturated heterocycles. The van der Waals surface area contributed by atoms with Crippen LogP contribution in [0.1, 0.15) is 99.9 Å². The van der Waals surface area contributed by atoms with E-state index in [0.29, 0.717) is 45.7 Å². The smallest absolute Gasteiger partial charge is 0.451 e. The fourth-order valence-corrected chi connectivity index (χ4v) is 7.41. The first-order valence-electron chi connectivity index (χ1n) is 21.4. The Balaban J connectivity index is 1.19. The molecular weight excluding hydrogens is 804 g/mol. The van der Waals surface area contributed by atoms with Gasteiger partial charge in [-0.2, -0.15) is 0 Å². The van der Waals surface area contributed by atoms with Crippen LogP contribution in [0.2, 0.25) is 0 Å². The lowest BCUT2D eigenvalue weighted by Gasteiger charge is -2.32. The maximum Gasteiger partial charge on any atom is 0.494 e. The number of methoxy groups -OCH3 is 2. The quantitative estimate of drug-likeness (QED) is 0.0779. The van der Waals surface area contributed by atoms with Gasteiger partial charge in [-0.25, -0.2) is 15.0 Å². The van der Waals surface area contributed by atoms with E-state index in [1.54, 1.807) is 26.4 Å². The second kappa shape index (κ2) is 18.2. The molecule has 2 aliphatic heterocycles. The number of ether oxygens (including phenoxy) is 4. The van der Waals surface area contributed by atoms with Crippen LogP contribution < -0.4 is 20.4 Å². The Hall–Kier alpha value is -5.50. The highest BCUT2D eigenvalue weighted by atomic mass is 16.7. The van der Waals surface area contributed by atoms with E-state index in [1.165, 1.54) is 0 Å². The summed E-state index contributed by atoms with van der Waals surface area (Å²) in [5, 5.41) is 0. The number of nitrogens with zero attached hydrogens (tertiary/aromatic N) is 3. The summed E-state index contributed by atoms with van der Waals surface area (Å²) in [6, 6.07) is 21.4. The van der Waals surface area contributed by atoms with Crippen molar-refractivity contribution in [1.29, 1.82) is 0 Å². The largest absolute Gasteiger partial charge is 0.494 e. The molecule has 0 saturated carbocycles. The van der Waals surface area contributed by atoms with Crippen molar-refractivity contribution in [3.63, 3.8) is 0 Å². The SMILES string of the molecule is COCOc1cc(C#Cc2c(C)cc(B3OC(C)(C)C(C)(C)O3)cc2C)cc(-c2cccc(-c3cc(C#Cc4c(C)cc(B5OC(C)(C)C(C)(C)O5)cc4C)cc(OCOC)n3)n2)n1. The molecule has 2 fully saturated rings. The maximum absolute atomic E-state index is 6.33. The zero-order valence-corrected chi connectivity index (χ0v) is 39.5. The van der Waals surface area contributed by atoms with Crippen LogP contribution in [-0.2, 0) is 28.1 Å². The van der Waals surface area contributed by atoms with Crippen molar-refractivity contribution < 1.29 is 37.6 Å². The summed E-state index contributed by atoms with van der Waals surface area (Å²) in [7, 11) is 2.20. The molecule has 2 aliphatic rings. The molecule has 0 spiro atoms. The molecule has 13 heteroatoms. The molecule has 5 aromatic rings. The van der Waals surface area contributed by atoms with Crippen molar-refractivity contribution in [3.8, 4) is 58.2 Å². The molecule has 5 heterocycles. The normalized spacial score (nSPS) is 16.8. The molecule has 330 valence electrons. The number of hydrogen-bond acceptors (Lipinski definition) is 11.